The van der Waals surface area contributed by atoms with Crippen LogP contribution < -0.4 is 0 Å². The predicted molar refractivity (Wildman–Crippen MR) is 80.9 cm³/mol. The smallest absolute Gasteiger partial charge is 0.335 e. The van der Waals surface area contributed by atoms with Gasteiger partial charge < -0.3 is 5.11 Å². The van der Waals surface area contributed by atoms with E-state index >= 15 is 0 Å². The fraction of sp³-hybridized carbons (Fsp3) is 0.125. The first-order valence-electron chi connectivity index (χ1n) is 6.42. The van der Waals surface area contributed by atoms with Crippen molar-refractivity contribution in [3.05, 3.63) is 70.8 Å². The Morgan fingerprint density at radius 3 is 2.27 bits per heavy atom. The Balaban J connectivity index is 2.18. The van der Waals surface area contributed by atoms with Crippen molar-refractivity contribution in [2.75, 3.05) is 0 Å². The molecule has 112 valence electrons. The first-order chi connectivity index (χ1) is 10.4. The summed E-state index contributed by atoms with van der Waals surface area (Å²) < 4.78 is 24.5. The maximum atomic E-state index is 12.2. The van der Waals surface area contributed by atoms with Crippen molar-refractivity contribution in [1.82, 2.24) is 0 Å². The van der Waals surface area contributed by atoms with Crippen LogP contribution in [0.5, 0.6) is 0 Å². The van der Waals surface area contributed by atoms with Crippen LogP contribution in [-0.4, -0.2) is 19.5 Å². The van der Waals surface area contributed by atoms with Crippen LogP contribution in [0.3, 0.4) is 0 Å². The third kappa shape index (κ3) is 3.93. The van der Waals surface area contributed by atoms with Crippen LogP contribution in [0.1, 0.15) is 27.0 Å². The highest BCUT2D eigenvalue weighted by molar-refractivity contribution is 7.89. The van der Waals surface area contributed by atoms with Crippen molar-refractivity contribution in [3.63, 3.8) is 0 Å². The van der Waals surface area contributed by atoms with Gasteiger partial charge in [-0.05, 0) is 29.3 Å². The zero-order chi connectivity index (χ0) is 16.2. The number of rotatable bonds is 5. The summed E-state index contributed by atoms with van der Waals surface area (Å²) in [6, 6.07) is 14.2. The van der Waals surface area contributed by atoms with Crippen molar-refractivity contribution in [3.8, 4) is 6.07 Å². The summed E-state index contributed by atoms with van der Waals surface area (Å²) >= 11 is 0. The molecule has 0 aliphatic rings. The molecule has 0 radical (unpaired) electrons. The number of hydrogen-bond donors (Lipinski definition) is 1. The van der Waals surface area contributed by atoms with E-state index < -0.39 is 15.8 Å². The van der Waals surface area contributed by atoms with Crippen LogP contribution in [0.15, 0.2) is 48.5 Å². The fourth-order valence-electron chi connectivity index (χ4n) is 2.04. The molecule has 2 aromatic rings. The summed E-state index contributed by atoms with van der Waals surface area (Å²) in [5.74, 6) is -1.48. The topological polar surface area (TPSA) is 95.2 Å². The SMILES string of the molecule is N#Cc1ccccc1CS(=O)(=O)Cc1ccc(C(=O)O)cc1. The first kappa shape index (κ1) is 15.7. The van der Waals surface area contributed by atoms with Crippen LogP contribution in [-0.2, 0) is 21.3 Å². The minimum atomic E-state index is -3.45. The third-order valence-corrected chi connectivity index (χ3v) is 4.62. The van der Waals surface area contributed by atoms with Gasteiger partial charge in [0, 0.05) is 0 Å². The molecule has 0 spiro atoms. The van der Waals surface area contributed by atoms with Gasteiger partial charge in [0.2, 0.25) is 0 Å². The van der Waals surface area contributed by atoms with Crippen molar-refractivity contribution in [2.24, 2.45) is 0 Å². The average molecular weight is 315 g/mol. The standard InChI is InChI=1S/C16H13NO4S/c17-9-14-3-1-2-4-15(14)11-22(20,21)10-12-5-7-13(8-6-12)16(18)19/h1-8H,10-11H2,(H,18,19). The van der Waals surface area contributed by atoms with Crippen molar-refractivity contribution < 1.29 is 18.3 Å². The second-order valence-corrected chi connectivity index (χ2v) is 6.87. The molecule has 0 aliphatic heterocycles. The highest BCUT2D eigenvalue weighted by Gasteiger charge is 2.15. The zero-order valence-corrected chi connectivity index (χ0v) is 12.4. The van der Waals surface area contributed by atoms with Crippen LogP contribution in [0, 0.1) is 11.3 Å². The van der Waals surface area contributed by atoms with Crippen LogP contribution >= 0.6 is 0 Å². The third-order valence-electron chi connectivity index (χ3n) is 3.10. The number of carboxylic acids is 1. The lowest BCUT2D eigenvalue weighted by atomic mass is 10.1. The molecule has 0 aliphatic carbocycles. The lowest BCUT2D eigenvalue weighted by Crippen LogP contribution is -2.09. The Kier molecular flexibility index (Phi) is 4.59. The normalized spacial score (nSPS) is 10.9. The van der Waals surface area contributed by atoms with Gasteiger partial charge in [-0.1, -0.05) is 30.3 Å². The average Bonchev–Trinajstić information content (AvgIpc) is 2.47. The van der Waals surface area contributed by atoms with Crippen LogP contribution in [0.4, 0.5) is 0 Å². The molecule has 0 amide bonds. The number of carboxylic acid groups (broad SMARTS) is 1. The van der Waals surface area contributed by atoms with E-state index in [2.05, 4.69) is 0 Å². The maximum absolute atomic E-state index is 12.2. The molecule has 0 saturated heterocycles. The molecular weight excluding hydrogens is 302 g/mol. The molecule has 2 aromatic carbocycles. The Bertz CT molecular complexity index is 833. The van der Waals surface area contributed by atoms with E-state index in [1.165, 1.54) is 24.3 Å². The molecule has 0 saturated carbocycles. The fourth-order valence-corrected chi connectivity index (χ4v) is 3.57. The Morgan fingerprint density at radius 1 is 1.05 bits per heavy atom. The zero-order valence-electron chi connectivity index (χ0n) is 11.6. The number of nitrogens with zero attached hydrogens (tertiary/aromatic N) is 1. The molecular formula is C16H13NO4S. The number of nitriles is 1. The van der Waals surface area contributed by atoms with Crippen molar-refractivity contribution in [1.29, 1.82) is 5.26 Å². The summed E-state index contributed by atoms with van der Waals surface area (Å²) in [4.78, 5) is 10.8. The number of hydrogen-bond acceptors (Lipinski definition) is 4. The van der Waals surface area contributed by atoms with E-state index in [0.717, 1.165) is 0 Å². The summed E-state index contributed by atoms with van der Waals surface area (Å²) in [5, 5.41) is 17.8. The van der Waals surface area contributed by atoms with Crippen molar-refractivity contribution in [2.45, 2.75) is 11.5 Å². The Labute approximate surface area is 128 Å². The first-order valence-corrected chi connectivity index (χ1v) is 8.24. The highest BCUT2D eigenvalue weighted by Crippen LogP contribution is 2.16. The van der Waals surface area contributed by atoms with Gasteiger partial charge >= 0.3 is 5.97 Å². The van der Waals surface area contributed by atoms with E-state index in [1.807, 2.05) is 6.07 Å². The van der Waals surface area contributed by atoms with Gasteiger partial charge in [-0.3, -0.25) is 0 Å². The quantitative estimate of drug-likeness (QED) is 0.914. The van der Waals surface area contributed by atoms with E-state index in [4.69, 9.17) is 10.4 Å². The number of sulfone groups is 1. The number of aromatic carboxylic acids is 1. The molecule has 0 atom stereocenters. The van der Waals surface area contributed by atoms with E-state index in [9.17, 15) is 13.2 Å². The van der Waals surface area contributed by atoms with Gasteiger partial charge in [0.1, 0.15) is 0 Å². The van der Waals surface area contributed by atoms with Gasteiger partial charge in [0.05, 0.1) is 28.7 Å². The lowest BCUT2D eigenvalue weighted by molar-refractivity contribution is 0.0697. The van der Waals surface area contributed by atoms with Gasteiger partial charge in [0.15, 0.2) is 9.84 Å². The number of benzene rings is 2. The molecule has 0 unspecified atom stereocenters. The largest absolute Gasteiger partial charge is 0.478 e. The second-order valence-electron chi connectivity index (χ2n) is 4.80. The molecule has 0 fully saturated rings. The maximum Gasteiger partial charge on any atom is 0.335 e. The van der Waals surface area contributed by atoms with E-state index in [0.29, 0.717) is 16.7 Å². The lowest BCUT2D eigenvalue weighted by Gasteiger charge is -2.06. The van der Waals surface area contributed by atoms with Crippen molar-refractivity contribution >= 4 is 15.8 Å². The Hall–Kier alpha value is -2.65. The molecule has 1 N–H and O–H groups in total. The molecule has 0 heterocycles. The predicted octanol–water partition coefficient (Wildman–Crippen LogP) is 2.37. The summed E-state index contributed by atoms with van der Waals surface area (Å²) in [5.41, 5.74) is 1.43. The molecule has 22 heavy (non-hydrogen) atoms. The summed E-state index contributed by atoms with van der Waals surface area (Å²) in [6.45, 7) is 0. The monoisotopic (exact) mass is 315 g/mol. The highest BCUT2D eigenvalue weighted by atomic mass is 32.2. The van der Waals surface area contributed by atoms with Gasteiger partial charge in [-0.15, -0.1) is 0 Å². The molecule has 5 nitrogen and oxygen atoms in total. The summed E-state index contributed by atoms with van der Waals surface area (Å²) in [7, 11) is -3.45. The molecule has 0 aromatic heterocycles. The van der Waals surface area contributed by atoms with E-state index in [1.54, 1.807) is 24.3 Å². The van der Waals surface area contributed by atoms with Gasteiger partial charge in [-0.25, -0.2) is 13.2 Å². The second kappa shape index (κ2) is 6.41. The van der Waals surface area contributed by atoms with Gasteiger partial charge in [-0.2, -0.15) is 5.26 Å². The Morgan fingerprint density at radius 2 is 1.68 bits per heavy atom. The van der Waals surface area contributed by atoms with Crippen LogP contribution in [0.25, 0.3) is 0 Å². The number of carbonyl (C=O) groups is 1. The molecule has 2 rings (SSSR count). The summed E-state index contributed by atoms with van der Waals surface area (Å²) in [6.07, 6.45) is 0. The molecule has 6 heteroatoms. The van der Waals surface area contributed by atoms with E-state index in [-0.39, 0.29) is 17.1 Å². The minimum absolute atomic E-state index is 0.107. The minimum Gasteiger partial charge on any atom is -0.478 e. The van der Waals surface area contributed by atoms with Crippen LogP contribution in [0.2, 0.25) is 0 Å². The molecule has 0 bridgehead atoms. The van der Waals surface area contributed by atoms with Gasteiger partial charge in [0.25, 0.3) is 0 Å².